The van der Waals surface area contributed by atoms with Crippen molar-refractivity contribution in [3.63, 3.8) is 0 Å². The zero-order valence-corrected chi connectivity index (χ0v) is 7.03. The van der Waals surface area contributed by atoms with Crippen LogP contribution >= 0.6 is 0 Å². The summed E-state index contributed by atoms with van der Waals surface area (Å²) in [5.74, 6) is 1.02. The number of ether oxygens (including phenoxy) is 1. The van der Waals surface area contributed by atoms with E-state index in [2.05, 4.69) is 0 Å². The van der Waals surface area contributed by atoms with E-state index < -0.39 is 5.63 Å². The third kappa shape index (κ3) is 1.99. The van der Waals surface area contributed by atoms with Gasteiger partial charge in [-0.3, -0.25) is 0 Å². The largest absolute Gasteiger partial charge is 0.496 e. The molecule has 0 fully saturated rings. The van der Waals surface area contributed by atoms with Crippen molar-refractivity contribution in [3.8, 4) is 5.75 Å². The molecule has 1 aromatic rings. The number of allylic oxidation sites excluding steroid dienone is 1. The number of rotatable bonds is 2. The number of methoxy groups -OCH3 is 1. The molecule has 1 aromatic heterocycles. The van der Waals surface area contributed by atoms with E-state index in [1.165, 1.54) is 13.2 Å². The van der Waals surface area contributed by atoms with E-state index in [-0.39, 0.29) is 0 Å². The second-order valence-electron chi connectivity index (χ2n) is 2.22. The minimum absolute atomic E-state index is 0.401. The van der Waals surface area contributed by atoms with Crippen LogP contribution in [0.25, 0.3) is 6.08 Å². The molecule has 0 aliphatic rings. The number of hydrogen-bond acceptors (Lipinski definition) is 3. The van der Waals surface area contributed by atoms with Gasteiger partial charge in [-0.05, 0) is 13.0 Å². The van der Waals surface area contributed by atoms with Crippen molar-refractivity contribution in [2.75, 3.05) is 7.11 Å². The molecule has 0 bridgehead atoms. The second kappa shape index (κ2) is 3.76. The van der Waals surface area contributed by atoms with Gasteiger partial charge in [-0.1, -0.05) is 6.08 Å². The van der Waals surface area contributed by atoms with Crippen LogP contribution in [0, 0.1) is 0 Å². The first-order valence-electron chi connectivity index (χ1n) is 3.58. The molecular weight excluding hydrogens is 156 g/mol. The first-order chi connectivity index (χ1) is 5.76. The van der Waals surface area contributed by atoms with E-state index in [9.17, 15) is 4.79 Å². The summed E-state index contributed by atoms with van der Waals surface area (Å²) in [5.41, 5.74) is -0.401. The van der Waals surface area contributed by atoms with Crippen molar-refractivity contribution in [2.24, 2.45) is 0 Å². The molecule has 0 saturated heterocycles. The average Bonchev–Trinajstić information content (AvgIpc) is 2.04. The fourth-order valence-electron chi connectivity index (χ4n) is 0.837. The predicted octanol–water partition coefficient (Wildman–Crippen LogP) is 1.68. The quantitative estimate of drug-likeness (QED) is 0.671. The zero-order valence-electron chi connectivity index (χ0n) is 7.03. The van der Waals surface area contributed by atoms with E-state index in [0.717, 1.165) is 0 Å². The van der Waals surface area contributed by atoms with Gasteiger partial charge in [0, 0.05) is 6.07 Å². The fraction of sp³-hybridized carbons (Fsp3) is 0.222. The van der Waals surface area contributed by atoms with Gasteiger partial charge < -0.3 is 9.15 Å². The highest BCUT2D eigenvalue weighted by atomic mass is 16.5. The summed E-state index contributed by atoms with van der Waals surface area (Å²) in [6.07, 6.45) is 3.49. The standard InChI is InChI=1S/C9H10O3/c1-3-4-7-5-8(11-2)6-9(10)12-7/h3-6H,1-2H3/b4-3+. The molecule has 0 N–H and O–H groups in total. The predicted molar refractivity (Wildman–Crippen MR) is 46.2 cm³/mol. The third-order valence-electron chi connectivity index (χ3n) is 1.33. The Morgan fingerprint density at radius 1 is 1.50 bits per heavy atom. The van der Waals surface area contributed by atoms with Gasteiger partial charge in [-0.15, -0.1) is 0 Å². The SMILES string of the molecule is C/C=C/c1cc(OC)cc(=O)o1. The smallest absolute Gasteiger partial charge is 0.339 e. The van der Waals surface area contributed by atoms with Crippen LogP contribution in [0.2, 0.25) is 0 Å². The molecule has 0 spiro atoms. The maximum Gasteiger partial charge on any atom is 0.339 e. The highest BCUT2D eigenvalue weighted by Crippen LogP contribution is 2.10. The second-order valence-corrected chi connectivity index (χ2v) is 2.22. The molecule has 0 amide bonds. The lowest BCUT2D eigenvalue weighted by Gasteiger charge is -1.97. The third-order valence-corrected chi connectivity index (χ3v) is 1.33. The normalized spacial score (nSPS) is 10.5. The Bertz CT molecular complexity index is 336. The van der Waals surface area contributed by atoms with Crippen LogP contribution in [0.15, 0.2) is 27.4 Å². The maximum absolute atomic E-state index is 10.9. The van der Waals surface area contributed by atoms with E-state index in [1.807, 2.05) is 6.92 Å². The number of hydrogen-bond donors (Lipinski definition) is 0. The molecule has 0 atom stereocenters. The van der Waals surface area contributed by atoms with E-state index in [0.29, 0.717) is 11.5 Å². The molecule has 0 unspecified atom stereocenters. The summed E-state index contributed by atoms with van der Waals surface area (Å²) < 4.78 is 9.73. The van der Waals surface area contributed by atoms with Gasteiger partial charge in [-0.25, -0.2) is 4.79 Å². The Kier molecular flexibility index (Phi) is 2.69. The lowest BCUT2D eigenvalue weighted by atomic mass is 10.3. The molecule has 64 valence electrons. The lowest BCUT2D eigenvalue weighted by Crippen LogP contribution is -1.98. The first-order valence-corrected chi connectivity index (χ1v) is 3.58. The Morgan fingerprint density at radius 3 is 2.83 bits per heavy atom. The Balaban J connectivity index is 3.15. The zero-order chi connectivity index (χ0) is 8.97. The topological polar surface area (TPSA) is 39.4 Å². The van der Waals surface area contributed by atoms with Gasteiger partial charge >= 0.3 is 5.63 Å². The van der Waals surface area contributed by atoms with Crippen LogP contribution in [0.5, 0.6) is 5.75 Å². The monoisotopic (exact) mass is 166 g/mol. The summed E-state index contributed by atoms with van der Waals surface area (Å²) in [5, 5.41) is 0. The molecule has 0 aliphatic heterocycles. The van der Waals surface area contributed by atoms with Gasteiger partial charge in [0.15, 0.2) is 0 Å². The summed E-state index contributed by atoms with van der Waals surface area (Å²) >= 11 is 0. The van der Waals surface area contributed by atoms with Crippen LogP contribution in [0.1, 0.15) is 12.7 Å². The molecular formula is C9H10O3. The van der Waals surface area contributed by atoms with Gasteiger partial charge in [0.25, 0.3) is 0 Å². The van der Waals surface area contributed by atoms with Crippen LogP contribution in [-0.2, 0) is 0 Å². The molecule has 0 aliphatic carbocycles. The maximum atomic E-state index is 10.9. The minimum Gasteiger partial charge on any atom is -0.496 e. The van der Waals surface area contributed by atoms with Gasteiger partial charge in [0.2, 0.25) is 0 Å². The molecule has 3 heteroatoms. The fourth-order valence-corrected chi connectivity index (χ4v) is 0.837. The van der Waals surface area contributed by atoms with E-state index in [4.69, 9.17) is 9.15 Å². The minimum atomic E-state index is -0.401. The molecule has 1 rings (SSSR count). The van der Waals surface area contributed by atoms with Crippen molar-refractivity contribution in [1.29, 1.82) is 0 Å². The van der Waals surface area contributed by atoms with Gasteiger partial charge in [-0.2, -0.15) is 0 Å². The van der Waals surface area contributed by atoms with Gasteiger partial charge in [0.05, 0.1) is 13.2 Å². The van der Waals surface area contributed by atoms with Gasteiger partial charge in [0.1, 0.15) is 11.5 Å². The molecule has 12 heavy (non-hydrogen) atoms. The van der Waals surface area contributed by atoms with Crippen LogP contribution in [0.4, 0.5) is 0 Å². The van der Waals surface area contributed by atoms with Crippen LogP contribution in [0.3, 0.4) is 0 Å². The molecule has 1 heterocycles. The summed E-state index contributed by atoms with van der Waals surface area (Å²) in [4.78, 5) is 10.9. The lowest BCUT2D eigenvalue weighted by molar-refractivity contribution is 0.400. The molecule has 0 aromatic carbocycles. The average molecular weight is 166 g/mol. The Hall–Kier alpha value is -1.51. The molecule has 0 radical (unpaired) electrons. The van der Waals surface area contributed by atoms with Crippen LogP contribution < -0.4 is 10.4 Å². The Morgan fingerprint density at radius 2 is 2.25 bits per heavy atom. The van der Waals surface area contributed by atoms with Crippen LogP contribution in [-0.4, -0.2) is 7.11 Å². The summed E-state index contributed by atoms with van der Waals surface area (Å²) in [6.45, 7) is 1.85. The van der Waals surface area contributed by atoms with Crippen molar-refractivity contribution >= 4 is 6.08 Å². The van der Waals surface area contributed by atoms with E-state index >= 15 is 0 Å². The van der Waals surface area contributed by atoms with Crippen molar-refractivity contribution in [3.05, 3.63) is 34.4 Å². The first kappa shape index (κ1) is 8.59. The highest BCUT2D eigenvalue weighted by Gasteiger charge is 1.97. The highest BCUT2D eigenvalue weighted by molar-refractivity contribution is 5.44. The summed E-state index contributed by atoms with van der Waals surface area (Å²) in [6, 6.07) is 2.95. The van der Waals surface area contributed by atoms with Crippen molar-refractivity contribution in [1.82, 2.24) is 0 Å². The Labute approximate surface area is 70.3 Å². The molecule has 0 saturated carbocycles. The van der Waals surface area contributed by atoms with Crippen molar-refractivity contribution < 1.29 is 9.15 Å². The van der Waals surface area contributed by atoms with E-state index in [1.54, 1.807) is 18.2 Å². The molecule has 3 nitrogen and oxygen atoms in total. The summed E-state index contributed by atoms with van der Waals surface area (Å²) in [7, 11) is 1.51. The van der Waals surface area contributed by atoms with Crippen molar-refractivity contribution in [2.45, 2.75) is 6.92 Å².